The van der Waals surface area contributed by atoms with Crippen molar-refractivity contribution in [1.82, 2.24) is 5.32 Å². The van der Waals surface area contributed by atoms with Crippen molar-refractivity contribution in [2.45, 2.75) is 18.4 Å². The van der Waals surface area contributed by atoms with E-state index in [0.29, 0.717) is 26.1 Å². The number of nitrogens with zero attached hydrogens (tertiary/aromatic N) is 1. The Morgan fingerprint density at radius 2 is 2.14 bits per heavy atom. The molecule has 1 aromatic rings. The maximum absolute atomic E-state index is 12.1. The Hall–Kier alpha value is -1.70. The normalized spacial score (nSPS) is 17.2. The second kappa shape index (κ2) is 6.38. The van der Waals surface area contributed by atoms with E-state index in [2.05, 4.69) is 5.32 Å². The zero-order valence-corrected chi connectivity index (χ0v) is 11.9. The molecule has 1 aliphatic heterocycles. The number of aliphatic hydroxyl groups is 1. The summed E-state index contributed by atoms with van der Waals surface area (Å²) in [7, 11) is 0. The summed E-state index contributed by atoms with van der Waals surface area (Å²) < 4.78 is 5.14. The second-order valence-corrected chi connectivity index (χ2v) is 5.32. The van der Waals surface area contributed by atoms with Crippen LogP contribution in [0.15, 0.2) is 18.2 Å². The lowest BCUT2D eigenvalue weighted by atomic mass is 9.94. The van der Waals surface area contributed by atoms with E-state index < -0.39 is 16.4 Å². The third-order valence-corrected chi connectivity index (χ3v) is 3.73. The smallest absolute Gasteiger partial charge is 0.283 e. The van der Waals surface area contributed by atoms with Crippen molar-refractivity contribution in [1.29, 1.82) is 0 Å². The number of rotatable bonds is 4. The minimum absolute atomic E-state index is 0.000618. The molecule has 0 aromatic heterocycles. The molecule has 1 aromatic carbocycles. The molecule has 0 spiro atoms. The number of hydrogen-bond donors (Lipinski definition) is 2. The van der Waals surface area contributed by atoms with Crippen LogP contribution >= 0.6 is 11.6 Å². The molecule has 0 saturated carbocycles. The van der Waals surface area contributed by atoms with Gasteiger partial charge in [0.05, 0.1) is 15.5 Å². The van der Waals surface area contributed by atoms with E-state index in [1.54, 1.807) is 0 Å². The Labute approximate surface area is 126 Å². The van der Waals surface area contributed by atoms with Crippen LogP contribution in [0.25, 0.3) is 0 Å². The van der Waals surface area contributed by atoms with Crippen LogP contribution < -0.4 is 5.32 Å². The van der Waals surface area contributed by atoms with Gasteiger partial charge in [0.15, 0.2) is 0 Å². The zero-order chi connectivity index (χ0) is 15.5. The predicted octanol–water partition coefficient (Wildman–Crippen LogP) is 1.52. The molecule has 1 saturated heterocycles. The van der Waals surface area contributed by atoms with Crippen molar-refractivity contribution in [3.8, 4) is 0 Å². The van der Waals surface area contributed by atoms with Crippen molar-refractivity contribution in [2.75, 3.05) is 19.8 Å². The number of nitrogens with one attached hydrogen (secondary N) is 1. The summed E-state index contributed by atoms with van der Waals surface area (Å²) in [4.78, 5) is 22.4. The molecule has 2 N–H and O–H groups in total. The first-order valence-electron chi connectivity index (χ1n) is 6.44. The number of amides is 1. The van der Waals surface area contributed by atoms with Gasteiger partial charge in [0.2, 0.25) is 0 Å². The lowest BCUT2D eigenvalue weighted by Crippen LogP contribution is -2.46. The Balaban J connectivity index is 2.12. The molecule has 2 rings (SSSR count). The first-order chi connectivity index (χ1) is 9.93. The molecule has 0 radical (unpaired) electrons. The van der Waals surface area contributed by atoms with Crippen LogP contribution in [0.5, 0.6) is 0 Å². The average molecular weight is 315 g/mol. The molecule has 0 unspecified atom stereocenters. The Bertz CT molecular complexity index is 557. The van der Waals surface area contributed by atoms with Crippen LogP contribution in [0.4, 0.5) is 5.69 Å². The van der Waals surface area contributed by atoms with Crippen LogP contribution in [0, 0.1) is 10.1 Å². The molecule has 0 atom stereocenters. The molecular formula is C13H15ClN2O5. The molecule has 7 nitrogen and oxygen atoms in total. The van der Waals surface area contributed by atoms with Gasteiger partial charge in [-0.25, -0.2) is 0 Å². The van der Waals surface area contributed by atoms with Gasteiger partial charge in [0.1, 0.15) is 5.56 Å². The van der Waals surface area contributed by atoms with Crippen LogP contribution in [0.2, 0.25) is 5.02 Å². The maximum Gasteiger partial charge on any atom is 0.283 e. The number of hydrogen-bond acceptors (Lipinski definition) is 5. The van der Waals surface area contributed by atoms with Gasteiger partial charge in [-0.1, -0.05) is 17.7 Å². The SMILES string of the molecule is O=C(NCC1(O)CCOCC1)c1c(Cl)cccc1[N+](=O)[O-]. The van der Waals surface area contributed by atoms with E-state index in [4.69, 9.17) is 16.3 Å². The highest BCUT2D eigenvalue weighted by molar-refractivity contribution is 6.34. The van der Waals surface area contributed by atoms with Gasteiger partial charge in [0, 0.05) is 38.7 Å². The number of carbonyl (C=O) groups is 1. The van der Waals surface area contributed by atoms with Gasteiger partial charge in [0.25, 0.3) is 11.6 Å². The van der Waals surface area contributed by atoms with Crippen LogP contribution in [-0.4, -0.2) is 41.3 Å². The second-order valence-electron chi connectivity index (χ2n) is 4.91. The summed E-state index contributed by atoms with van der Waals surface area (Å²) in [6.07, 6.45) is 0.801. The summed E-state index contributed by atoms with van der Waals surface area (Å²) in [6, 6.07) is 4.03. The predicted molar refractivity (Wildman–Crippen MR) is 75.4 cm³/mol. The number of nitro benzene ring substituents is 1. The molecular weight excluding hydrogens is 300 g/mol. The fourth-order valence-corrected chi connectivity index (χ4v) is 2.41. The zero-order valence-electron chi connectivity index (χ0n) is 11.2. The quantitative estimate of drug-likeness (QED) is 0.648. The van der Waals surface area contributed by atoms with Crippen molar-refractivity contribution < 1.29 is 19.6 Å². The van der Waals surface area contributed by atoms with Crippen LogP contribution in [0.3, 0.4) is 0 Å². The van der Waals surface area contributed by atoms with Crippen molar-refractivity contribution >= 4 is 23.2 Å². The number of benzene rings is 1. The van der Waals surface area contributed by atoms with E-state index in [9.17, 15) is 20.0 Å². The Kier molecular flexibility index (Phi) is 4.76. The summed E-state index contributed by atoms with van der Waals surface area (Å²) >= 11 is 5.88. The van der Waals surface area contributed by atoms with Gasteiger partial charge in [-0.2, -0.15) is 0 Å². The van der Waals surface area contributed by atoms with Crippen LogP contribution in [-0.2, 0) is 4.74 Å². The van der Waals surface area contributed by atoms with Gasteiger partial charge in [-0.3, -0.25) is 14.9 Å². The molecule has 1 aliphatic rings. The standard InChI is InChI=1S/C13H15ClN2O5/c14-9-2-1-3-10(16(19)20)11(9)12(17)15-8-13(18)4-6-21-7-5-13/h1-3,18H,4-8H2,(H,15,17). The van der Waals surface area contributed by atoms with Gasteiger partial charge >= 0.3 is 0 Å². The number of halogens is 1. The number of carbonyl (C=O) groups excluding carboxylic acids is 1. The third-order valence-electron chi connectivity index (χ3n) is 3.42. The summed E-state index contributed by atoms with van der Waals surface area (Å²) in [5.41, 5.74) is -1.61. The minimum atomic E-state index is -1.05. The maximum atomic E-state index is 12.1. The van der Waals surface area contributed by atoms with E-state index >= 15 is 0 Å². The number of ether oxygens (including phenoxy) is 1. The van der Waals surface area contributed by atoms with Gasteiger partial charge in [-0.05, 0) is 6.07 Å². The fraction of sp³-hybridized carbons (Fsp3) is 0.462. The fourth-order valence-electron chi connectivity index (χ4n) is 2.15. The highest BCUT2D eigenvalue weighted by Gasteiger charge is 2.31. The van der Waals surface area contributed by atoms with Crippen molar-refractivity contribution in [2.24, 2.45) is 0 Å². The molecule has 1 amide bonds. The highest BCUT2D eigenvalue weighted by Crippen LogP contribution is 2.26. The molecule has 21 heavy (non-hydrogen) atoms. The lowest BCUT2D eigenvalue weighted by molar-refractivity contribution is -0.385. The largest absolute Gasteiger partial charge is 0.388 e. The first kappa shape index (κ1) is 15.7. The first-order valence-corrected chi connectivity index (χ1v) is 6.82. The van der Waals surface area contributed by atoms with Crippen LogP contribution in [0.1, 0.15) is 23.2 Å². The van der Waals surface area contributed by atoms with Gasteiger partial charge < -0.3 is 15.2 Å². The molecule has 8 heteroatoms. The monoisotopic (exact) mass is 314 g/mol. The van der Waals surface area contributed by atoms with Crippen molar-refractivity contribution in [3.63, 3.8) is 0 Å². The number of nitro groups is 1. The van der Waals surface area contributed by atoms with E-state index in [-0.39, 0.29) is 22.8 Å². The lowest BCUT2D eigenvalue weighted by Gasteiger charge is -2.32. The molecule has 114 valence electrons. The molecule has 1 heterocycles. The molecule has 1 fully saturated rings. The summed E-state index contributed by atoms with van der Waals surface area (Å²) in [6.45, 7) is 0.828. The Morgan fingerprint density at radius 1 is 1.48 bits per heavy atom. The third kappa shape index (κ3) is 3.69. The summed E-state index contributed by atoms with van der Waals surface area (Å²) in [5, 5.41) is 23.7. The van der Waals surface area contributed by atoms with E-state index in [0.717, 1.165) is 0 Å². The summed E-state index contributed by atoms with van der Waals surface area (Å²) in [5.74, 6) is -0.674. The molecule has 0 aliphatic carbocycles. The average Bonchev–Trinajstić information content (AvgIpc) is 2.45. The topological polar surface area (TPSA) is 102 Å². The molecule has 0 bridgehead atoms. The Morgan fingerprint density at radius 3 is 2.76 bits per heavy atom. The van der Waals surface area contributed by atoms with Gasteiger partial charge in [-0.15, -0.1) is 0 Å². The van der Waals surface area contributed by atoms with E-state index in [1.165, 1.54) is 18.2 Å². The highest BCUT2D eigenvalue weighted by atomic mass is 35.5. The van der Waals surface area contributed by atoms with Crippen molar-refractivity contribution in [3.05, 3.63) is 38.9 Å². The van der Waals surface area contributed by atoms with E-state index in [1.807, 2.05) is 0 Å². The minimum Gasteiger partial charge on any atom is -0.388 e.